The Morgan fingerprint density at radius 2 is 0.827 bits per heavy atom. The minimum Gasteiger partial charge on any atom is -1.00 e. The van der Waals surface area contributed by atoms with Crippen LogP contribution in [0.25, 0.3) is 21.5 Å². The van der Waals surface area contributed by atoms with Gasteiger partial charge in [-0.3, -0.25) is 12.2 Å². The minimum atomic E-state index is -0.985. The van der Waals surface area contributed by atoms with E-state index >= 15 is 0 Å². The van der Waals surface area contributed by atoms with Crippen LogP contribution in [0.2, 0.25) is 37.3 Å². The van der Waals surface area contributed by atoms with Crippen LogP contribution in [-0.4, -0.2) is 16.1 Å². The van der Waals surface area contributed by atoms with Gasteiger partial charge >= 0.3 is 52.4 Å². The van der Waals surface area contributed by atoms with Gasteiger partial charge in [0.2, 0.25) is 0 Å². The maximum atomic E-state index is 3.44. The summed E-state index contributed by atoms with van der Waals surface area (Å²) in [5.41, 5.74) is 8.79. The average molecular weight is 923 g/mol. The molecule has 0 atom stereocenters. The fourth-order valence-corrected chi connectivity index (χ4v) is 14.8. The van der Waals surface area contributed by atoms with Crippen molar-refractivity contribution >= 4 is 48.1 Å². The second kappa shape index (κ2) is 19.5. The molecule has 0 bridgehead atoms. The first-order valence-corrected chi connectivity index (χ1v) is 24.2. The number of hydrogen-bond donors (Lipinski definition) is 0. The number of benzene rings is 2. The van der Waals surface area contributed by atoms with Gasteiger partial charge in [0, 0.05) is 16.1 Å². The van der Waals surface area contributed by atoms with E-state index in [1.807, 2.05) is 0 Å². The first-order valence-electron chi connectivity index (χ1n) is 18.4. The minimum absolute atomic E-state index is 0. The summed E-state index contributed by atoms with van der Waals surface area (Å²) < 4.78 is 0. The summed E-state index contributed by atoms with van der Waals surface area (Å²) in [5.74, 6) is 0. The van der Waals surface area contributed by atoms with Crippen molar-refractivity contribution in [3.05, 3.63) is 118 Å². The van der Waals surface area contributed by atoms with Gasteiger partial charge in [-0.1, -0.05) is 128 Å². The third-order valence-electron chi connectivity index (χ3n) is 12.7. The Labute approximate surface area is 370 Å². The van der Waals surface area contributed by atoms with Crippen LogP contribution in [0.1, 0.15) is 82.1 Å². The maximum absolute atomic E-state index is 3.44. The van der Waals surface area contributed by atoms with Gasteiger partial charge in [-0.25, -0.2) is 11.1 Å². The van der Waals surface area contributed by atoms with Crippen molar-refractivity contribution in [3.63, 3.8) is 0 Å². The fourth-order valence-electron chi connectivity index (χ4n) is 8.12. The fraction of sp³-hybridized carbons (Fsp3) is 0.435. The molecule has 4 aliphatic rings. The predicted octanol–water partition coefficient (Wildman–Crippen LogP) is 6.72. The van der Waals surface area contributed by atoms with E-state index in [1.165, 1.54) is 92.0 Å². The smallest absolute Gasteiger partial charge is 1.00 e. The summed E-state index contributed by atoms with van der Waals surface area (Å²) in [6, 6.07) is 33.0. The SMILES string of the molecule is CC1=[C-]C(C)(C)C(C)=C1C.CC1=[C-]C(C)(C)C(C)=C1C.C[Si]1([c-]2ccc3ccccc32)CCC1.C[Si]1([c-]2ccc3ccccc32)CCC1.[Cl-].[Cl-].[Zr+2].[Zr+2]. The first kappa shape index (κ1) is 49.4. The zero-order valence-electron chi connectivity index (χ0n) is 33.9. The summed E-state index contributed by atoms with van der Waals surface area (Å²) >= 11 is 0. The van der Waals surface area contributed by atoms with E-state index in [0.29, 0.717) is 0 Å². The van der Waals surface area contributed by atoms with Crippen molar-refractivity contribution < 1.29 is 77.2 Å². The molecule has 0 aromatic heterocycles. The van der Waals surface area contributed by atoms with Gasteiger partial charge in [0.1, 0.15) is 0 Å². The van der Waals surface area contributed by atoms with Crippen molar-refractivity contribution in [1.29, 1.82) is 0 Å². The maximum Gasteiger partial charge on any atom is 2.00 e. The van der Waals surface area contributed by atoms with E-state index in [1.54, 1.807) is 10.4 Å². The quantitative estimate of drug-likeness (QED) is 0.155. The van der Waals surface area contributed by atoms with Crippen LogP contribution in [0.3, 0.4) is 0 Å². The number of fused-ring (bicyclic) bond motifs is 2. The van der Waals surface area contributed by atoms with Crippen LogP contribution >= 0.6 is 0 Å². The Morgan fingerprint density at radius 3 is 1.04 bits per heavy atom. The van der Waals surface area contributed by atoms with E-state index in [2.05, 4.69) is 167 Å². The summed E-state index contributed by atoms with van der Waals surface area (Å²) in [7, 11) is -1.97. The van der Waals surface area contributed by atoms with Gasteiger partial charge in [-0.2, -0.15) is 46.6 Å². The Hall–Kier alpha value is -0.600. The molecular weight excluding hydrogens is 862 g/mol. The monoisotopic (exact) mass is 918 g/mol. The van der Waals surface area contributed by atoms with Gasteiger partial charge in [0.25, 0.3) is 0 Å². The number of halogens is 2. The molecule has 2 saturated heterocycles. The molecule has 0 amide bonds. The topological polar surface area (TPSA) is 0 Å². The van der Waals surface area contributed by atoms with Crippen LogP contribution in [-0.2, 0) is 52.4 Å². The van der Waals surface area contributed by atoms with E-state index in [-0.39, 0.29) is 88.1 Å². The molecule has 276 valence electrons. The molecule has 0 radical (unpaired) electrons. The zero-order chi connectivity index (χ0) is 35.1. The van der Waals surface area contributed by atoms with E-state index in [4.69, 9.17) is 0 Å². The molecule has 2 fully saturated rings. The molecule has 2 aliphatic carbocycles. The third kappa shape index (κ3) is 10.4. The average Bonchev–Trinajstić information content (AvgIpc) is 3.74. The summed E-state index contributed by atoms with van der Waals surface area (Å²) in [5, 5.41) is 9.34. The molecule has 0 saturated carbocycles. The molecule has 2 heterocycles. The Bertz CT molecular complexity index is 1780. The standard InChI is InChI=1S/2C13H15Si.2C10H15.2ClH.2Zr/c2*1-14(9-4-10-14)13-8-7-11-5-2-3-6-12(11)13;2*1-7-6-10(4,5)9(3)8(7)2;;;;/h2*2-3,5-8H,4,9-10H2,1H3;2*1-5H3;2*1H;;/q4*-1;;;2*+2/p-2. The molecule has 0 unspecified atom stereocenters. The van der Waals surface area contributed by atoms with Gasteiger partial charge in [0.15, 0.2) is 0 Å². The molecule has 52 heavy (non-hydrogen) atoms. The summed E-state index contributed by atoms with van der Waals surface area (Å²) in [6.45, 7) is 26.9. The van der Waals surface area contributed by atoms with Crippen molar-refractivity contribution in [2.45, 2.75) is 119 Å². The molecule has 6 heteroatoms. The van der Waals surface area contributed by atoms with Crippen LogP contribution < -0.4 is 35.2 Å². The van der Waals surface area contributed by atoms with Gasteiger partial charge in [0.05, 0.1) is 0 Å². The van der Waals surface area contributed by atoms with Gasteiger partial charge < -0.3 is 24.8 Å². The third-order valence-corrected chi connectivity index (χ3v) is 22.0. The molecule has 2 aliphatic heterocycles. The molecule has 0 nitrogen and oxygen atoms in total. The molecule has 4 aromatic rings. The largest absolute Gasteiger partial charge is 2.00 e. The molecule has 4 aromatic carbocycles. The van der Waals surface area contributed by atoms with Crippen LogP contribution in [0.5, 0.6) is 0 Å². The summed E-state index contributed by atoms with van der Waals surface area (Å²) in [6.07, 6.45) is 9.79. The Kier molecular flexibility index (Phi) is 18.5. The van der Waals surface area contributed by atoms with E-state index < -0.39 is 16.1 Å². The number of hydrogen-bond acceptors (Lipinski definition) is 0. The second-order valence-corrected chi connectivity index (χ2v) is 26.1. The number of rotatable bonds is 2. The van der Waals surface area contributed by atoms with Gasteiger partial charge in [-0.05, 0) is 0 Å². The van der Waals surface area contributed by atoms with Crippen LogP contribution in [0.15, 0.2) is 106 Å². The van der Waals surface area contributed by atoms with Crippen molar-refractivity contribution in [2.24, 2.45) is 10.8 Å². The van der Waals surface area contributed by atoms with Crippen molar-refractivity contribution in [2.75, 3.05) is 0 Å². The Morgan fingerprint density at radius 1 is 0.519 bits per heavy atom. The first-order chi connectivity index (χ1) is 22.5. The van der Waals surface area contributed by atoms with Gasteiger partial charge in [-0.15, -0.1) is 82.2 Å². The molecule has 0 N–H and O–H groups in total. The van der Waals surface area contributed by atoms with Crippen LogP contribution in [0, 0.1) is 23.0 Å². The molecular formula is C46H60Cl2Si2Zr2-2. The summed E-state index contributed by atoms with van der Waals surface area (Å²) in [4.78, 5) is 0. The number of allylic oxidation sites excluding steroid dienone is 8. The molecule has 8 rings (SSSR count). The van der Waals surface area contributed by atoms with Crippen molar-refractivity contribution in [3.8, 4) is 0 Å². The normalized spacial score (nSPS) is 19.5. The zero-order valence-corrected chi connectivity index (χ0v) is 42.4. The van der Waals surface area contributed by atoms with Crippen molar-refractivity contribution in [1.82, 2.24) is 0 Å². The Balaban J connectivity index is 0.000000343. The van der Waals surface area contributed by atoms with Crippen LogP contribution in [0.4, 0.5) is 0 Å². The van der Waals surface area contributed by atoms with E-state index in [9.17, 15) is 0 Å². The molecule has 0 spiro atoms. The second-order valence-electron chi connectivity index (χ2n) is 16.7. The predicted molar refractivity (Wildman–Crippen MR) is 219 cm³/mol. The van der Waals surface area contributed by atoms with E-state index in [0.717, 1.165) is 0 Å².